The summed E-state index contributed by atoms with van der Waals surface area (Å²) >= 11 is 0. The number of methoxy groups -OCH3 is 2. The molecule has 0 aromatic heterocycles. The monoisotopic (exact) mass is 383 g/mol. The Balaban J connectivity index is 1.80. The molecule has 7 heteroatoms. The molecule has 146 valence electrons. The van der Waals surface area contributed by atoms with Gasteiger partial charge in [-0.05, 0) is 42.5 Å². The summed E-state index contributed by atoms with van der Waals surface area (Å²) < 4.78 is 10.6. The van der Waals surface area contributed by atoms with Crippen LogP contribution in [0.25, 0.3) is 0 Å². The molecule has 0 saturated heterocycles. The maximum atomic E-state index is 12.8. The minimum atomic E-state index is -0.843. The predicted octanol–water partition coefficient (Wildman–Crippen LogP) is 3.95. The number of nitro benzene ring substituents is 1. The third-order valence-corrected chi connectivity index (χ3v) is 5.17. The molecule has 0 amide bonds. The van der Waals surface area contributed by atoms with Gasteiger partial charge in [0.25, 0.3) is 5.69 Å². The Morgan fingerprint density at radius 3 is 2.29 bits per heavy atom. The van der Waals surface area contributed by atoms with Crippen LogP contribution in [0.5, 0.6) is 11.5 Å². The molecule has 1 fully saturated rings. The molecule has 1 unspecified atom stereocenters. The first kappa shape index (κ1) is 19.5. The summed E-state index contributed by atoms with van der Waals surface area (Å²) in [5, 5.41) is 11.2. The molecule has 0 aliphatic heterocycles. The van der Waals surface area contributed by atoms with Crippen LogP contribution in [0.1, 0.15) is 41.1 Å². The van der Waals surface area contributed by atoms with Crippen molar-refractivity contribution in [1.29, 1.82) is 0 Å². The van der Waals surface area contributed by atoms with Crippen molar-refractivity contribution in [3.05, 3.63) is 63.7 Å². The molecular weight excluding hydrogens is 362 g/mol. The highest BCUT2D eigenvalue weighted by atomic mass is 16.6. The van der Waals surface area contributed by atoms with E-state index in [1.54, 1.807) is 26.4 Å². The molecule has 1 aliphatic rings. The quantitative estimate of drug-likeness (QED) is 0.324. The van der Waals surface area contributed by atoms with Crippen molar-refractivity contribution in [3.63, 3.8) is 0 Å². The number of carbonyl (C=O) groups is 2. The average molecular weight is 383 g/mol. The Labute approximate surface area is 162 Å². The lowest BCUT2D eigenvalue weighted by atomic mass is 9.75. The fourth-order valence-corrected chi connectivity index (χ4v) is 3.67. The van der Waals surface area contributed by atoms with E-state index in [0.717, 1.165) is 5.56 Å². The number of rotatable bonds is 6. The van der Waals surface area contributed by atoms with E-state index in [1.165, 1.54) is 18.2 Å². The fraction of sp³-hybridized carbons (Fsp3) is 0.333. The third-order valence-electron chi connectivity index (χ3n) is 5.17. The molecule has 0 N–H and O–H groups in total. The smallest absolute Gasteiger partial charge is 0.280 e. The van der Waals surface area contributed by atoms with Crippen molar-refractivity contribution in [2.45, 2.75) is 25.2 Å². The van der Waals surface area contributed by atoms with Gasteiger partial charge in [-0.3, -0.25) is 19.7 Å². The van der Waals surface area contributed by atoms with Crippen LogP contribution in [0.3, 0.4) is 0 Å². The van der Waals surface area contributed by atoms with Gasteiger partial charge in [0.2, 0.25) is 0 Å². The summed E-state index contributed by atoms with van der Waals surface area (Å²) in [6.45, 7) is 0. The average Bonchev–Trinajstić information content (AvgIpc) is 2.72. The van der Waals surface area contributed by atoms with E-state index in [4.69, 9.17) is 9.47 Å². The van der Waals surface area contributed by atoms with Gasteiger partial charge in [0, 0.05) is 18.6 Å². The molecule has 0 heterocycles. The number of benzene rings is 2. The highest BCUT2D eigenvalue weighted by Gasteiger charge is 2.36. The summed E-state index contributed by atoms with van der Waals surface area (Å²) in [7, 11) is 3.12. The van der Waals surface area contributed by atoms with E-state index >= 15 is 0 Å². The first-order valence-corrected chi connectivity index (χ1v) is 8.98. The Kier molecular flexibility index (Phi) is 5.73. The molecule has 28 heavy (non-hydrogen) atoms. The topological polar surface area (TPSA) is 95.7 Å². The number of hydrogen-bond acceptors (Lipinski definition) is 6. The molecule has 2 aromatic rings. The van der Waals surface area contributed by atoms with Crippen molar-refractivity contribution in [2.75, 3.05) is 14.2 Å². The Morgan fingerprint density at radius 1 is 1.07 bits per heavy atom. The van der Waals surface area contributed by atoms with Gasteiger partial charge in [-0.1, -0.05) is 12.1 Å². The van der Waals surface area contributed by atoms with Gasteiger partial charge in [-0.25, -0.2) is 0 Å². The summed E-state index contributed by atoms with van der Waals surface area (Å²) in [5.74, 6) is -0.281. The SMILES string of the molecule is COc1cc(OC)cc(C2CC[C@@H](C(=O)c3ccccc3[N+](=O)[O-])C(=O)C2)c1. The molecule has 3 rings (SSSR count). The molecule has 1 aliphatic carbocycles. The van der Waals surface area contributed by atoms with E-state index in [-0.39, 0.29) is 29.4 Å². The molecule has 1 saturated carbocycles. The molecule has 2 aromatic carbocycles. The van der Waals surface area contributed by atoms with Crippen molar-refractivity contribution in [2.24, 2.45) is 5.92 Å². The van der Waals surface area contributed by atoms with E-state index < -0.39 is 16.6 Å². The minimum Gasteiger partial charge on any atom is -0.497 e. The number of nitro groups is 1. The van der Waals surface area contributed by atoms with E-state index in [9.17, 15) is 19.7 Å². The van der Waals surface area contributed by atoms with E-state index in [2.05, 4.69) is 0 Å². The molecule has 0 bridgehead atoms. The second-order valence-corrected chi connectivity index (χ2v) is 6.78. The van der Waals surface area contributed by atoms with Gasteiger partial charge in [-0.15, -0.1) is 0 Å². The van der Waals surface area contributed by atoms with Gasteiger partial charge >= 0.3 is 0 Å². The summed E-state index contributed by atoms with van der Waals surface area (Å²) in [6.07, 6.45) is 1.18. The summed E-state index contributed by atoms with van der Waals surface area (Å²) in [6, 6.07) is 11.3. The largest absolute Gasteiger partial charge is 0.497 e. The van der Waals surface area contributed by atoms with Gasteiger partial charge in [0.05, 0.1) is 30.6 Å². The molecule has 7 nitrogen and oxygen atoms in total. The highest BCUT2D eigenvalue weighted by molar-refractivity contribution is 6.12. The number of ketones is 2. The first-order chi connectivity index (χ1) is 13.4. The number of para-hydroxylation sites is 1. The molecule has 2 atom stereocenters. The van der Waals surface area contributed by atoms with Gasteiger partial charge < -0.3 is 9.47 Å². The summed E-state index contributed by atoms with van der Waals surface area (Å²) in [5.41, 5.74) is 0.647. The minimum absolute atomic E-state index is 0.00708. The third kappa shape index (κ3) is 3.88. The van der Waals surface area contributed by atoms with E-state index in [0.29, 0.717) is 24.3 Å². The first-order valence-electron chi connectivity index (χ1n) is 8.98. The summed E-state index contributed by atoms with van der Waals surface area (Å²) in [4.78, 5) is 36.1. The standard InChI is InChI=1S/C21H21NO6/c1-27-15-9-14(10-16(12-15)28-2)13-7-8-18(20(23)11-13)21(24)17-5-3-4-6-19(17)22(25)26/h3-6,9-10,12-13,18H,7-8,11H2,1-2H3/t13?,18-/m1/s1. The second kappa shape index (κ2) is 8.21. The van der Waals surface area contributed by atoms with Crippen LogP contribution in [-0.4, -0.2) is 30.7 Å². The maximum Gasteiger partial charge on any atom is 0.280 e. The zero-order valence-electron chi connectivity index (χ0n) is 15.7. The Morgan fingerprint density at radius 2 is 1.71 bits per heavy atom. The number of Topliss-reactive ketones (excluding diaryl/α,β-unsaturated/α-hetero) is 2. The van der Waals surface area contributed by atoms with Crippen LogP contribution in [0.15, 0.2) is 42.5 Å². The fourth-order valence-electron chi connectivity index (χ4n) is 3.67. The zero-order chi connectivity index (χ0) is 20.3. The number of carbonyl (C=O) groups excluding carboxylic acids is 2. The van der Waals surface area contributed by atoms with Gasteiger partial charge in [-0.2, -0.15) is 0 Å². The van der Waals surface area contributed by atoms with Gasteiger partial charge in [0.15, 0.2) is 5.78 Å². The van der Waals surface area contributed by atoms with Crippen LogP contribution in [0.2, 0.25) is 0 Å². The molecular formula is C21H21NO6. The molecule has 0 radical (unpaired) electrons. The van der Waals surface area contributed by atoms with Crippen LogP contribution < -0.4 is 9.47 Å². The second-order valence-electron chi connectivity index (χ2n) is 6.78. The lowest BCUT2D eigenvalue weighted by Crippen LogP contribution is -2.30. The normalized spacial score (nSPS) is 19.1. The number of hydrogen-bond donors (Lipinski definition) is 0. The van der Waals surface area contributed by atoms with Crippen LogP contribution in [-0.2, 0) is 4.79 Å². The zero-order valence-corrected chi connectivity index (χ0v) is 15.7. The lowest BCUT2D eigenvalue weighted by Gasteiger charge is -2.27. The van der Waals surface area contributed by atoms with Crippen molar-refractivity contribution in [1.82, 2.24) is 0 Å². The van der Waals surface area contributed by atoms with Crippen molar-refractivity contribution in [3.8, 4) is 11.5 Å². The Hall–Kier alpha value is -3.22. The van der Waals surface area contributed by atoms with Crippen LogP contribution in [0, 0.1) is 16.0 Å². The van der Waals surface area contributed by atoms with Crippen LogP contribution >= 0.6 is 0 Å². The number of nitrogens with zero attached hydrogens (tertiary/aromatic N) is 1. The highest BCUT2D eigenvalue weighted by Crippen LogP contribution is 2.38. The Bertz CT molecular complexity index is 901. The maximum absolute atomic E-state index is 12.8. The van der Waals surface area contributed by atoms with Crippen molar-refractivity contribution >= 4 is 17.3 Å². The van der Waals surface area contributed by atoms with Gasteiger partial charge in [0.1, 0.15) is 17.3 Å². The van der Waals surface area contributed by atoms with Crippen LogP contribution in [0.4, 0.5) is 5.69 Å². The van der Waals surface area contributed by atoms with Crippen molar-refractivity contribution < 1.29 is 24.0 Å². The van der Waals surface area contributed by atoms with E-state index in [1.807, 2.05) is 12.1 Å². The lowest BCUT2D eigenvalue weighted by molar-refractivity contribution is -0.385. The number of ether oxygens (including phenoxy) is 2. The predicted molar refractivity (Wildman–Crippen MR) is 102 cm³/mol. The molecule has 0 spiro atoms.